The molecule has 0 atom stereocenters. The molecule has 0 aliphatic heterocycles. The first-order valence-corrected chi connectivity index (χ1v) is 7.99. The third-order valence-electron chi connectivity index (χ3n) is 1.88. The van der Waals surface area contributed by atoms with Gasteiger partial charge in [0, 0.05) is 0 Å². The first-order chi connectivity index (χ1) is 5.63. The Balaban J connectivity index is 0.000000354. The summed E-state index contributed by atoms with van der Waals surface area (Å²) in [6.45, 7) is 6.44. The Hall–Kier alpha value is 0.423. The molecule has 0 unspecified atom stereocenters. The molecule has 0 fully saturated rings. The average molecular weight is 292 g/mol. The van der Waals surface area contributed by atoms with Crippen LogP contribution in [-0.2, 0) is 15.1 Å². The third-order valence-corrected chi connectivity index (χ3v) is 1.88. The molecule has 1 aromatic carbocycles. The molecule has 0 N–H and O–H groups in total. The van der Waals surface area contributed by atoms with Gasteiger partial charge in [-0.05, 0) is 37.5 Å². The van der Waals surface area contributed by atoms with Crippen LogP contribution in [-0.4, -0.2) is 0 Å². The predicted octanol–water partition coefficient (Wildman–Crippen LogP) is 3.99. The van der Waals surface area contributed by atoms with E-state index >= 15 is 0 Å². The second-order valence-corrected chi connectivity index (χ2v) is 5.21. The molecule has 70 valence electrons. The Morgan fingerprint density at radius 2 is 1.33 bits per heavy atom. The second-order valence-electron chi connectivity index (χ2n) is 2.57. The van der Waals surface area contributed by atoms with Crippen LogP contribution < -0.4 is 0 Å². The number of rotatable bonds is 0. The van der Waals surface area contributed by atoms with Gasteiger partial charge in [-0.3, -0.25) is 0 Å². The average Bonchev–Trinajstić information content (AvgIpc) is 2.02. The first kappa shape index (κ1) is 12.4. The fraction of sp³-hybridized carbons (Fsp3) is 0.333. The minimum atomic E-state index is -0.346. The molecular weight excluding hydrogens is 280 g/mol. The molecule has 0 aromatic heterocycles. The molecule has 0 aliphatic carbocycles. The van der Waals surface area contributed by atoms with Crippen LogP contribution >= 0.6 is 19.4 Å². The van der Waals surface area contributed by atoms with Crippen molar-refractivity contribution in [3.05, 3.63) is 34.9 Å². The fourth-order valence-electron chi connectivity index (χ4n) is 0.898. The summed E-state index contributed by atoms with van der Waals surface area (Å²) < 4.78 is 0. The fourth-order valence-corrected chi connectivity index (χ4v) is 0.898. The molecule has 0 aliphatic rings. The summed E-state index contributed by atoms with van der Waals surface area (Å²) in [5, 5.41) is 0. The van der Waals surface area contributed by atoms with Gasteiger partial charge >= 0.3 is 34.5 Å². The van der Waals surface area contributed by atoms with E-state index in [-0.39, 0.29) is 15.1 Å². The first-order valence-electron chi connectivity index (χ1n) is 3.51. The van der Waals surface area contributed by atoms with Gasteiger partial charge < -0.3 is 0 Å². The van der Waals surface area contributed by atoms with Crippen LogP contribution in [0.15, 0.2) is 18.2 Å². The van der Waals surface area contributed by atoms with Crippen molar-refractivity contribution in [2.45, 2.75) is 20.8 Å². The Kier molecular flexibility index (Phi) is 7.13. The summed E-state index contributed by atoms with van der Waals surface area (Å²) in [5.41, 5.74) is 4.18. The van der Waals surface area contributed by atoms with Crippen molar-refractivity contribution in [2.75, 3.05) is 0 Å². The van der Waals surface area contributed by atoms with Crippen LogP contribution in [0.3, 0.4) is 0 Å². The Bertz CT molecular complexity index is 216. The van der Waals surface area contributed by atoms with Gasteiger partial charge in [0.2, 0.25) is 0 Å². The molecule has 1 aromatic rings. The van der Waals surface area contributed by atoms with Crippen LogP contribution in [0.5, 0.6) is 0 Å². The Labute approximate surface area is 90.0 Å². The quantitative estimate of drug-likeness (QED) is 0.634. The van der Waals surface area contributed by atoms with Crippen molar-refractivity contribution < 1.29 is 15.1 Å². The molecule has 12 heavy (non-hydrogen) atoms. The van der Waals surface area contributed by atoms with Crippen LogP contribution in [0, 0.1) is 20.8 Å². The Morgan fingerprint density at radius 3 is 1.58 bits per heavy atom. The number of benzene rings is 1. The summed E-state index contributed by atoms with van der Waals surface area (Å²) in [5.74, 6) is 0. The van der Waals surface area contributed by atoms with Crippen LogP contribution in [0.2, 0.25) is 0 Å². The van der Waals surface area contributed by atoms with Gasteiger partial charge in [0.05, 0.1) is 0 Å². The SMILES string of the molecule is Cc1cccc(C)c1C.[Cl][Ru][Cl]. The van der Waals surface area contributed by atoms with E-state index in [0.717, 1.165) is 0 Å². The topological polar surface area (TPSA) is 0 Å². The van der Waals surface area contributed by atoms with Gasteiger partial charge in [-0.1, -0.05) is 18.2 Å². The summed E-state index contributed by atoms with van der Waals surface area (Å²) in [4.78, 5) is 0. The molecule has 0 spiro atoms. The molecule has 0 bridgehead atoms. The van der Waals surface area contributed by atoms with Crippen molar-refractivity contribution in [3.63, 3.8) is 0 Å². The van der Waals surface area contributed by atoms with Crippen molar-refractivity contribution in [2.24, 2.45) is 0 Å². The van der Waals surface area contributed by atoms with E-state index in [4.69, 9.17) is 19.4 Å². The normalized spacial score (nSPS) is 9.08. The van der Waals surface area contributed by atoms with E-state index in [9.17, 15) is 0 Å². The molecule has 0 radical (unpaired) electrons. The van der Waals surface area contributed by atoms with E-state index in [0.29, 0.717) is 0 Å². The van der Waals surface area contributed by atoms with Gasteiger partial charge in [0.15, 0.2) is 0 Å². The zero-order chi connectivity index (χ0) is 9.56. The van der Waals surface area contributed by atoms with E-state index in [1.54, 1.807) is 0 Å². The standard InChI is InChI=1S/C9H12.2ClH.Ru/c1-7-5-4-6-8(2)9(7)3;;;/h4-6H,1-3H3;2*1H;/q;;;+2/p-2. The van der Waals surface area contributed by atoms with Gasteiger partial charge in [-0.2, -0.15) is 0 Å². The maximum atomic E-state index is 4.85. The molecule has 0 saturated carbocycles. The van der Waals surface area contributed by atoms with E-state index in [1.807, 2.05) is 0 Å². The monoisotopic (exact) mass is 292 g/mol. The predicted molar refractivity (Wildman–Crippen MR) is 52.4 cm³/mol. The molecule has 0 nitrogen and oxygen atoms in total. The zero-order valence-corrected chi connectivity index (χ0v) is 10.6. The molecule has 1 rings (SSSR count). The van der Waals surface area contributed by atoms with Crippen molar-refractivity contribution in [1.29, 1.82) is 0 Å². The molecule has 0 saturated heterocycles. The van der Waals surface area contributed by atoms with E-state index in [2.05, 4.69) is 39.0 Å². The van der Waals surface area contributed by atoms with Crippen molar-refractivity contribution in [3.8, 4) is 0 Å². The Morgan fingerprint density at radius 1 is 1.00 bits per heavy atom. The molecular formula is C9H12Cl2Ru. The van der Waals surface area contributed by atoms with Crippen LogP contribution in [0.4, 0.5) is 0 Å². The number of hydrogen-bond acceptors (Lipinski definition) is 0. The van der Waals surface area contributed by atoms with Crippen molar-refractivity contribution >= 4 is 19.4 Å². The summed E-state index contributed by atoms with van der Waals surface area (Å²) in [6.07, 6.45) is 0. The van der Waals surface area contributed by atoms with Gasteiger partial charge in [-0.15, -0.1) is 0 Å². The number of halogens is 2. The van der Waals surface area contributed by atoms with E-state index < -0.39 is 0 Å². The summed E-state index contributed by atoms with van der Waals surface area (Å²) >= 11 is -0.346. The minimum absolute atomic E-state index is 0.346. The van der Waals surface area contributed by atoms with Crippen LogP contribution in [0.1, 0.15) is 16.7 Å². The molecule has 3 heteroatoms. The van der Waals surface area contributed by atoms with Gasteiger partial charge in [0.1, 0.15) is 0 Å². The summed E-state index contributed by atoms with van der Waals surface area (Å²) in [7, 11) is 9.71. The van der Waals surface area contributed by atoms with Crippen molar-refractivity contribution in [1.82, 2.24) is 0 Å². The summed E-state index contributed by atoms with van der Waals surface area (Å²) in [6, 6.07) is 6.38. The number of aryl methyl sites for hydroxylation is 2. The van der Waals surface area contributed by atoms with E-state index in [1.165, 1.54) is 16.7 Å². The third kappa shape index (κ3) is 4.45. The van der Waals surface area contributed by atoms with Gasteiger partial charge in [0.25, 0.3) is 0 Å². The van der Waals surface area contributed by atoms with Gasteiger partial charge in [-0.25, -0.2) is 0 Å². The van der Waals surface area contributed by atoms with Crippen LogP contribution in [0.25, 0.3) is 0 Å². The molecule has 0 amide bonds. The zero-order valence-electron chi connectivity index (χ0n) is 7.34. The second kappa shape index (κ2) is 6.89. The molecule has 0 heterocycles. The number of hydrogen-bond donors (Lipinski definition) is 0. The maximum absolute atomic E-state index is 4.85.